The van der Waals surface area contributed by atoms with Crippen LogP contribution in [0.4, 0.5) is 5.69 Å². The van der Waals surface area contributed by atoms with Gasteiger partial charge in [-0.3, -0.25) is 9.59 Å². The maximum absolute atomic E-state index is 12.7. The monoisotopic (exact) mass is 426 g/mol. The van der Waals surface area contributed by atoms with E-state index in [1.54, 1.807) is 42.5 Å². The number of rotatable bonds is 5. The summed E-state index contributed by atoms with van der Waals surface area (Å²) in [6.45, 7) is 0. The van der Waals surface area contributed by atoms with E-state index < -0.39 is 0 Å². The summed E-state index contributed by atoms with van der Waals surface area (Å²) in [6, 6.07) is 19.8. The second-order valence-electron chi connectivity index (χ2n) is 5.35. The first-order valence-corrected chi connectivity index (χ1v) is 9.47. The Morgan fingerprint density at radius 3 is 2.31 bits per heavy atom. The molecular formula is C20H15BrN2O2S. The van der Waals surface area contributed by atoms with Gasteiger partial charge in [-0.05, 0) is 53.9 Å². The molecule has 2 N–H and O–H groups in total. The fourth-order valence-electron chi connectivity index (χ4n) is 2.19. The van der Waals surface area contributed by atoms with Crippen molar-refractivity contribution in [1.82, 2.24) is 5.32 Å². The van der Waals surface area contributed by atoms with Crippen LogP contribution in [0.5, 0.6) is 0 Å². The van der Waals surface area contributed by atoms with Gasteiger partial charge in [-0.25, -0.2) is 0 Å². The zero-order valence-corrected chi connectivity index (χ0v) is 16.0. The first-order chi connectivity index (χ1) is 12.6. The Bertz CT molecular complexity index is 920. The van der Waals surface area contributed by atoms with Crippen LogP contribution in [0.2, 0.25) is 0 Å². The number of nitrogens with one attached hydrogen (secondary N) is 2. The number of carbonyl (C=O) groups excluding carboxylic acids is 2. The van der Waals surface area contributed by atoms with Crippen molar-refractivity contribution in [2.24, 2.45) is 0 Å². The summed E-state index contributed by atoms with van der Waals surface area (Å²) in [6.07, 6.45) is 1.67. The average Bonchev–Trinajstić information content (AvgIpc) is 3.17. The summed E-state index contributed by atoms with van der Waals surface area (Å²) in [5.41, 5.74) is 1.31. The molecule has 0 atom stereocenters. The molecule has 0 aliphatic rings. The lowest BCUT2D eigenvalue weighted by Gasteiger charge is -2.11. The molecule has 0 saturated carbocycles. The van der Waals surface area contributed by atoms with Crippen molar-refractivity contribution >= 4 is 50.8 Å². The van der Waals surface area contributed by atoms with Gasteiger partial charge in [0.25, 0.3) is 11.8 Å². The second kappa shape index (κ2) is 8.60. The largest absolute Gasteiger partial charge is 0.321 e. The van der Waals surface area contributed by atoms with Gasteiger partial charge in [0.15, 0.2) is 0 Å². The number of anilines is 1. The lowest BCUT2D eigenvalue weighted by Crippen LogP contribution is -2.30. The quantitative estimate of drug-likeness (QED) is 0.568. The fourth-order valence-corrected chi connectivity index (χ4v) is 3.11. The highest BCUT2D eigenvalue weighted by molar-refractivity contribution is 9.10. The van der Waals surface area contributed by atoms with Crippen LogP contribution in [-0.4, -0.2) is 11.8 Å². The zero-order chi connectivity index (χ0) is 18.4. The van der Waals surface area contributed by atoms with Gasteiger partial charge in [-0.1, -0.05) is 40.2 Å². The molecule has 4 nitrogen and oxygen atoms in total. The van der Waals surface area contributed by atoms with E-state index >= 15 is 0 Å². The van der Waals surface area contributed by atoms with Crippen molar-refractivity contribution in [3.8, 4) is 0 Å². The molecular weight excluding hydrogens is 412 g/mol. The van der Waals surface area contributed by atoms with Crippen LogP contribution in [0.1, 0.15) is 15.2 Å². The molecule has 0 unspecified atom stereocenters. The van der Waals surface area contributed by atoms with Crippen molar-refractivity contribution in [2.75, 3.05) is 5.32 Å². The summed E-state index contributed by atoms with van der Waals surface area (Å²) in [5.74, 6) is -0.718. The molecule has 2 aromatic carbocycles. The minimum Gasteiger partial charge on any atom is -0.321 e. The minimum absolute atomic E-state index is 0.184. The van der Waals surface area contributed by atoms with E-state index in [2.05, 4.69) is 26.6 Å². The van der Waals surface area contributed by atoms with Crippen LogP contribution in [0, 0.1) is 0 Å². The first-order valence-electron chi connectivity index (χ1n) is 7.80. The predicted octanol–water partition coefficient (Wildman–Crippen LogP) is 4.92. The number of amides is 2. The fraction of sp³-hybridized carbons (Fsp3) is 0. The molecule has 1 heterocycles. The maximum atomic E-state index is 12.7. The maximum Gasteiger partial charge on any atom is 0.272 e. The summed E-state index contributed by atoms with van der Waals surface area (Å²) in [4.78, 5) is 26.0. The first kappa shape index (κ1) is 18.1. The van der Waals surface area contributed by atoms with Gasteiger partial charge in [0, 0.05) is 20.6 Å². The highest BCUT2D eigenvalue weighted by Gasteiger charge is 2.15. The van der Waals surface area contributed by atoms with Gasteiger partial charge in [-0.15, -0.1) is 11.3 Å². The molecule has 3 aromatic rings. The van der Waals surface area contributed by atoms with Crippen LogP contribution >= 0.6 is 27.3 Å². The number of halogens is 1. The van der Waals surface area contributed by atoms with E-state index in [9.17, 15) is 9.59 Å². The number of carbonyl (C=O) groups is 2. The molecule has 1 aromatic heterocycles. The van der Waals surface area contributed by atoms with E-state index in [0.29, 0.717) is 11.3 Å². The number of hydrogen-bond donors (Lipinski definition) is 2. The molecule has 0 fully saturated rings. The van der Waals surface area contributed by atoms with Gasteiger partial charge in [0.2, 0.25) is 0 Å². The Hall–Kier alpha value is -2.70. The average molecular weight is 427 g/mol. The van der Waals surface area contributed by atoms with Crippen molar-refractivity contribution in [3.05, 3.63) is 92.7 Å². The third-order valence-electron chi connectivity index (χ3n) is 3.46. The van der Waals surface area contributed by atoms with Crippen molar-refractivity contribution in [3.63, 3.8) is 0 Å². The molecule has 26 heavy (non-hydrogen) atoms. The summed E-state index contributed by atoms with van der Waals surface area (Å²) in [7, 11) is 0. The normalized spacial score (nSPS) is 11.0. The van der Waals surface area contributed by atoms with E-state index in [0.717, 1.165) is 9.35 Å². The second-order valence-corrected chi connectivity index (χ2v) is 7.25. The third kappa shape index (κ3) is 4.91. The molecule has 2 amide bonds. The van der Waals surface area contributed by atoms with Crippen LogP contribution in [0.25, 0.3) is 6.08 Å². The van der Waals surface area contributed by atoms with E-state index in [-0.39, 0.29) is 17.5 Å². The molecule has 0 radical (unpaired) electrons. The lowest BCUT2D eigenvalue weighted by molar-refractivity contribution is -0.113. The van der Waals surface area contributed by atoms with Gasteiger partial charge in [-0.2, -0.15) is 0 Å². The molecule has 0 aliphatic heterocycles. The summed E-state index contributed by atoms with van der Waals surface area (Å²) in [5, 5.41) is 7.42. The standard InChI is InChI=1S/C20H15BrN2O2S/c21-15-8-10-16(11-9-15)22-20(25)18(13-17-7-4-12-26-17)23-19(24)14-5-2-1-3-6-14/h1-13H,(H,22,25)(H,23,24)/b18-13+. The van der Waals surface area contributed by atoms with E-state index in [1.807, 2.05) is 35.7 Å². The highest BCUT2D eigenvalue weighted by Crippen LogP contribution is 2.17. The molecule has 130 valence electrons. The third-order valence-corrected chi connectivity index (χ3v) is 4.81. The molecule has 0 spiro atoms. The zero-order valence-electron chi connectivity index (χ0n) is 13.6. The van der Waals surface area contributed by atoms with E-state index in [4.69, 9.17) is 0 Å². The Balaban J connectivity index is 1.82. The topological polar surface area (TPSA) is 58.2 Å². The lowest BCUT2D eigenvalue weighted by atomic mass is 10.2. The SMILES string of the molecule is O=C(Nc1ccc(Br)cc1)/C(=C\c1cccs1)NC(=O)c1ccccc1. The van der Waals surface area contributed by atoms with Crippen LogP contribution in [0.3, 0.4) is 0 Å². The van der Waals surface area contributed by atoms with Crippen LogP contribution in [-0.2, 0) is 4.79 Å². The van der Waals surface area contributed by atoms with Crippen LogP contribution in [0.15, 0.2) is 82.3 Å². The Morgan fingerprint density at radius 2 is 1.65 bits per heavy atom. The van der Waals surface area contributed by atoms with Crippen molar-refractivity contribution in [2.45, 2.75) is 0 Å². The highest BCUT2D eigenvalue weighted by atomic mass is 79.9. The number of thiophene rings is 1. The molecule has 0 aliphatic carbocycles. The Kier molecular flexibility index (Phi) is 5.99. The molecule has 3 rings (SSSR count). The van der Waals surface area contributed by atoms with Gasteiger partial charge in [0.05, 0.1) is 0 Å². The van der Waals surface area contributed by atoms with Crippen molar-refractivity contribution in [1.29, 1.82) is 0 Å². The van der Waals surface area contributed by atoms with Gasteiger partial charge in [0.1, 0.15) is 5.70 Å². The predicted molar refractivity (Wildman–Crippen MR) is 109 cm³/mol. The molecule has 0 bridgehead atoms. The van der Waals surface area contributed by atoms with Gasteiger partial charge >= 0.3 is 0 Å². The van der Waals surface area contributed by atoms with Gasteiger partial charge < -0.3 is 10.6 Å². The van der Waals surface area contributed by atoms with Crippen LogP contribution < -0.4 is 10.6 Å². The summed E-state index contributed by atoms with van der Waals surface area (Å²) >= 11 is 4.85. The number of hydrogen-bond acceptors (Lipinski definition) is 3. The number of benzene rings is 2. The smallest absolute Gasteiger partial charge is 0.272 e. The van der Waals surface area contributed by atoms with E-state index in [1.165, 1.54) is 11.3 Å². The Labute approximate surface area is 163 Å². The summed E-state index contributed by atoms with van der Waals surface area (Å²) < 4.78 is 0.919. The minimum atomic E-state index is -0.384. The molecule has 0 saturated heterocycles. The van der Waals surface area contributed by atoms with Crippen molar-refractivity contribution < 1.29 is 9.59 Å². The molecule has 6 heteroatoms. The Morgan fingerprint density at radius 1 is 0.923 bits per heavy atom.